The first-order valence-corrected chi connectivity index (χ1v) is 6.72. The molecule has 1 atom stereocenters. The Labute approximate surface area is 122 Å². The molecule has 0 amide bonds. The number of hydrogen-bond donors (Lipinski definition) is 0. The fourth-order valence-corrected chi connectivity index (χ4v) is 2.49. The molecule has 0 aromatic heterocycles. The molecule has 4 nitrogen and oxygen atoms in total. The predicted molar refractivity (Wildman–Crippen MR) is 74.8 cm³/mol. The second kappa shape index (κ2) is 5.57. The average molecular weight is 304 g/mol. The first-order valence-electron chi connectivity index (χ1n) is 5.97. The average Bonchev–Trinajstić information content (AvgIpc) is 2.72. The number of rotatable bonds is 3. The molecule has 1 fully saturated rings. The van der Waals surface area contributed by atoms with Gasteiger partial charge in [-0.1, -0.05) is 23.2 Å². The Balaban J connectivity index is 2.15. The second-order valence-corrected chi connectivity index (χ2v) is 5.42. The standard InChI is InChI=1S/C13H15Cl2NO3/c1-3-18-12(17)13(2)7-16(8-19-13)11-5-9(14)4-10(15)6-11/h4-6H,3,7-8H2,1-2H3. The summed E-state index contributed by atoms with van der Waals surface area (Å²) >= 11 is 11.9. The molecule has 19 heavy (non-hydrogen) atoms. The first kappa shape index (κ1) is 14.4. The third kappa shape index (κ3) is 3.14. The molecule has 1 heterocycles. The fraction of sp³-hybridized carbons (Fsp3) is 0.462. The Bertz CT molecular complexity index is 475. The van der Waals surface area contributed by atoms with Crippen LogP contribution in [0.3, 0.4) is 0 Å². The second-order valence-electron chi connectivity index (χ2n) is 4.55. The lowest BCUT2D eigenvalue weighted by molar-refractivity contribution is -0.163. The summed E-state index contributed by atoms with van der Waals surface area (Å²) in [5, 5.41) is 1.10. The smallest absolute Gasteiger partial charge is 0.340 e. The summed E-state index contributed by atoms with van der Waals surface area (Å²) in [6.45, 7) is 4.52. The Morgan fingerprint density at radius 3 is 2.63 bits per heavy atom. The highest BCUT2D eigenvalue weighted by Gasteiger charge is 2.43. The van der Waals surface area contributed by atoms with Crippen molar-refractivity contribution in [3.8, 4) is 0 Å². The van der Waals surface area contributed by atoms with Crippen LogP contribution in [0.2, 0.25) is 10.0 Å². The van der Waals surface area contributed by atoms with Gasteiger partial charge in [0.25, 0.3) is 0 Å². The highest BCUT2D eigenvalue weighted by Crippen LogP contribution is 2.31. The van der Waals surface area contributed by atoms with E-state index in [4.69, 9.17) is 32.7 Å². The van der Waals surface area contributed by atoms with Crippen molar-refractivity contribution in [1.82, 2.24) is 0 Å². The van der Waals surface area contributed by atoms with Crippen LogP contribution >= 0.6 is 23.2 Å². The lowest BCUT2D eigenvalue weighted by atomic mass is 10.1. The zero-order valence-electron chi connectivity index (χ0n) is 10.8. The largest absolute Gasteiger partial charge is 0.464 e. The van der Waals surface area contributed by atoms with E-state index in [1.165, 1.54) is 0 Å². The molecule has 1 aromatic carbocycles. The van der Waals surface area contributed by atoms with E-state index in [1.807, 2.05) is 4.90 Å². The minimum atomic E-state index is -0.954. The van der Waals surface area contributed by atoms with E-state index >= 15 is 0 Å². The number of ether oxygens (including phenoxy) is 2. The molecular formula is C13H15Cl2NO3. The molecule has 1 aromatic rings. The Hall–Kier alpha value is -0.970. The van der Waals surface area contributed by atoms with Gasteiger partial charge in [-0.25, -0.2) is 4.79 Å². The van der Waals surface area contributed by atoms with Crippen molar-refractivity contribution in [2.24, 2.45) is 0 Å². The number of halogens is 2. The van der Waals surface area contributed by atoms with Gasteiger partial charge in [-0.05, 0) is 32.0 Å². The minimum Gasteiger partial charge on any atom is -0.464 e. The summed E-state index contributed by atoms with van der Waals surface area (Å²) in [4.78, 5) is 13.7. The third-order valence-electron chi connectivity index (χ3n) is 2.95. The van der Waals surface area contributed by atoms with Crippen LogP contribution in [0.1, 0.15) is 13.8 Å². The third-order valence-corrected chi connectivity index (χ3v) is 3.39. The number of carbonyl (C=O) groups is 1. The number of esters is 1. The van der Waals surface area contributed by atoms with Gasteiger partial charge >= 0.3 is 5.97 Å². The van der Waals surface area contributed by atoms with Crippen LogP contribution in [0, 0.1) is 0 Å². The lowest BCUT2D eigenvalue weighted by Crippen LogP contribution is -2.41. The molecule has 104 valence electrons. The fourth-order valence-electron chi connectivity index (χ4n) is 1.97. The van der Waals surface area contributed by atoms with Gasteiger partial charge in [-0.15, -0.1) is 0 Å². The van der Waals surface area contributed by atoms with Crippen LogP contribution < -0.4 is 4.90 Å². The van der Waals surface area contributed by atoms with Crippen molar-refractivity contribution in [2.45, 2.75) is 19.4 Å². The van der Waals surface area contributed by atoms with Crippen molar-refractivity contribution in [2.75, 3.05) is 24.8 Å². The topological polar surface area (TPSA) is 38.8 Å². The maximum Gasteiger partial charge on any atom is 0.340 e. The van der Waals surface area contributed by atoms with Crippen molar-refractivity contribution in [3.63, 3.8) is 0 Å². The Kier molecular flexibility index (Phi) is 4.23. The maximum atomic E-state index is 11.9. The van der Waals surface area contributed by atoms with Crippen molar-refractivity contribution in [1.29, 1.82) is 0 Å². The number of anilines is 1. The summed E-state index contributed by atoms with van der Waals surface area (Å²) in [7, 11) is 0. The van der Waals surface area contributed by atoms with E-state index in [-0.39, 0.29) is 5.97 Å². The van der Waals surface area contributed by atoms with Crippen molar-refractivity contribution >= 4 is 34.9 Å². The molecule has 1 aliphatic heterocycles. The van der Waals surface area contributed by atoms with Gasteiger partial charge in [-0.2, -0.15) is 0 Å². The van der Waals surface area contributed by atoms with Gasteiger partial charge in [0.15, 0.2) is 5.60 Å². The summed E-state index contributed by atoms with van der Waals surface area (Å²) in [5.74, 6) is -0.356. The van der Waals surface area contributed by atoms with E-state index in [1.54, 1.807) is 32.0 Å². The van der Waals surface area contributed by atoms with Crippen LogP contribution in [0.15, 0.2) is 18.2 Å². The molecule has 1 saturated heterocycles. The van der Waals surface area contributed by atoms with Crippen LogP contribution in [0.5, 0.6) is 0 Å². The summed E-state index contributed by atoms with van der Waals surface area (Å²) < 4.78 is 10.6. The number of nitrogens with zero attached hydrogens (tertiary/aromatic N) is 1. The molecule has 0 aliphatic carbocycles. The Morgan fingerprint density at radius 2 is 2.05 bits per heavy atom. The zero-order chi connectivity index (χ0) is 14.0. The van der Waals surface area contributed by atoms with Crippen LogP contribution in [-0.4, -0.2) is 31.5 Å². The summed E-state index contributed by atoms with van der Waals surface area (Å²) in [6.07, 6.45) is 0. The van der Waals surface area contributed by atoms with Crippen LogP contribution in [-0.2, 0) is 14.3 Å². The number of benzene rings is 1. The minimum absolute atomic E-state index is 0.298. The summed E-state index contributed by atoms with van der Waals surface area (Å²) in [5.41, 5.74) is -0.129. The van der Waals surface area contributed by atoms with Crippen molar-refractivity contribution in [3.05, 3.63) is 28.2 Å². The van der Waals surface area contributed by atoms with Crippen molar-refractivity contribution < 1.29 is 14.3 Å². The number of hydrogen-bond acceptors (Lipinski definition) is 4. The first-order chi connectivity index (χ1) is 8.94. The van der Waals surface area contributed by atoms with Gasteiger partial charge in [0.05, 0.1) is 13.2 Å². The van der Waals surface area contributed by atoms with Crippen LogP contribution in [0.4, 0.5) is 5.69 Å². The van der Waals surface area contributed by atoms with Gasteiger partial charge in [0.2, 0.25) is 0 Å². The molecule has 0 radical (unpaired) electrons. The molecule has 6 heteroatoms. The maximum absolute atomic E-state index is 11.9. The SMILES string of the molecule is CCOC(=O)C1(C)CN(c2cc(Cl)cc(Cl)c2)CO1. The van der Waals surface area contributed by atoms with E-state index in [0.29, 0.717) is 29.9 Å². The molecular weight excluding hydrogens is 289 g/mol. The van der Waals surface area contributed by atoms with Crippen LogP contribution in [0.25, 0.3) is 0 Å². The summed E-state index contributed by atoms with van der Waals surface area (Å²) in [6, 6.07) is 5.23. The van der Waals surface area contributed by atoms with Gasteiger partial charge < -0.3 is 14.4 Å². The highest BCUT2D eigenvalue weighted by molar-refractivity contribution is 6.35. The lowest BCUT2D eigenvalue weighted by Gasteiger charge is -2.21. The Morgan fingerprint density at radius 1 is 1.42 bits per heavy atom. The normalized spacial score (nSPS) is 22.6. The number of carbonyl (C=O) groups excluding carboxylic acids is 1. The molecule has 0 N–H and O–H groups in total. The molecule has 1 aliphatic rings. The monoisotopic (exact) mass is 303 g/mol. The molecule has 2 rings (SSSR count). The van der Waals surface area contributed by atoms with E-state index in [2.05, 4.69) is 0 Å². The van der Waals surface area contributed by atoms with E-state index in [0.717, 1.165) is 5.69 Å². The highest BCUT2D eigenvalue weighted by atomic mass is 35.5. The van der Waals surface area contributed by atoms with E-state index in [9.17, 15) is 4.79 Å². The zero-order valence-corrected chi connectivity index (χ0v) is 12.3. The van der Waals surface area contributed by atoms with Gasteiger partial charge in [0.1, 0.15) is 6.73 Å². The van der Waals surface area contributed by atoms with E-state index < -0.39 is 5.60 Å². The van der Waals surface area contributed by atoms with Gasteiger partial charge in [-0.3, -0.25) is 0 Å². The molecule has 0 saturated carbocycles. The predicted octanol–water partition coefficient (Wildman–Crippen LogP) is 3.11. The quantitative estimate of drug-likeness (QED) is 0.804. The molecule has 0 bridgehead atoms. The van der Waals surface area contributed by atoms with Gasteiger partial charge in [0, 0.05) is 15.7 Å². The molecule has 0 spiro atoms. The molecule has 1 unspecified atom stereocenters.